The van der Waals surface area contributed by atoms with Crippen LogP contribution in [0.25, 0.3) is 0 Å². The lowest BCUT2D eigenvalue weighted by Crippen LogP contribution is -3.10. The van der Waals surface area contributed by atoms with E-state index in [0.717, 1.165) is 6.04 Å². The summed E-state index contributed by atoms with van der Waals surface area (Å²) in [7, 11) is -1.45. The van der Waals surface area contributed by atoms with Crippen LogP contribution >= 0.6 is 0 Å². The van der Waals surface area contributed by atoms with Crippen molar-refractivity contribution in [3.63, 3.8) is 0 Å². The van der Waals surface area contributed by atoms with E-state index in [4.69, 9.17) is 0 Å². The van der Waals surface area contributed by atoms with E-state index in [1.54, 1.807) is 4.90 Å². The Labute approximate surface area is 82.6 Å². The van der Waals surface area contributed by atoms with Gasteiger partial charge in [0.1, 0.15) is 0 Å². The van der Waals surface area contributed by atoms with Gasteiger partial charge in [0.2, 0.25) is 0 Å². The summed E-state index contributed by atoms with van der Waals surface area (Å²) in [5, 5.41) is 0. The maximum atomic E-state index is 9.75. The van der Waals surface area contributed by atoms with Gasteiger partial charge in [0.25, 0.3) is 0 Å². The number of nitrogens with one attached hydrogen (secondary N) is 1. The number of quaternary nitrogens is 1. The third kappa shape index (κ3) is 9.83. The average Bonchev–Trinajstić information content (AvgIpc) is 2.03. The van der Waals surface area contributed by atoms with E-state index in [1.165, 1.54) is 32.1 Å². The molecule has 1 fully saturated rings. The highest BCUT2D eigenvalue weighted by atomic mass is 19.5. The van der Waals surface area contributed by atoms with Gasteiger partial charge in [-0.15, -0.1) is 0 Å². The smallest absolute Gasteiger partial charge is 0.418 e. The number of halogens is 4. The van der Waals surface area contributed by atoms with Crippen molar-refractivity contribution in [1.29, 1.82) is 0 Å². The summed E-state index contributed by atoms with van der Waals surface area (Å²) in [4.78, 5) is 1.65. The first-order valence-corrected chi connectivity index (χ1v) is 4.98. The second-order valence-electron chi connectivity index (χ2n) is 3.91. The van der Waals surface area contributed by atoms with Gasteiger partial charge >= 0.3 is 7.25 Å². The van der Waals surface area contributed by atoms with E-state index in [2.05, 4.69) is 14.1 Å². The van der Waals surface area contributed by atoms with Gasteiger partial charge in [0.15, 0.2) is 0 Å². The number of hydrogen-bond donors (Lipinski definition) is 1. The first-order chi connectivity index (χ1) is 6.30. The fraction of sp³-hybridized carbons (Fsp3) is 1.00. The van der Waals surface area contributed by atoms with Crippen molar-refractivity contribution < 1.29 is 22.2 Å². The van der Waals surface area contributed by atoms with Crippen LogP contribution < -0.4 is 4.90 Å². The van der Waals surface area contributed by atoms with Crippen LogP contribution in [0.4, 0.5) is 17.3 Å². The maximum absolute atomic E-state index is 9.75. The van der Waals surface area contributed by atoms with Gasteiger partial charge < -0.3 is 22.2 Å². The molecule has 0 aromatic carbocycles. The Kier molecular flexibility index (Phi) is 6.16. The average molecular weight is 215 g/mol. The third-order valence-electron chi connectivity index (χ3n) is 2.42. The topological polar surface area (TPSA) is 4.44 Å². The molecule has 1 aliphatic carbocycles. The first kappa shape index (κ1) is 13.7. The molecule has 0 saturated heterocycles. The Morgan fingerprint density at radius 1 is 0.929 bits per heavy atom. The van der Waals surface area contributed by atoms with E-state index < -0.39 is 7.25 Å². The molecule has 1 aliphatic rings. The lowest BCUT2D eigenvalue weighted by molar-refractivity contribution is -0.887. The molecule has 0 aromatic rings. The lowest BCUT2D eigenvalue weighted by atomic mass is 9.95. The molecule has 0 aliphatic heterocycles. The van der Waals surface area contributed by atoms with Crippen LogP contribution in [0.1, 0.15) is 32.1 Å². The monoisotopic (exact) mass is 215 g/mol. The summed E-state index contributed by atoms with van der Waals surface area (Å²) >= 11 is 0. The molecule has 0 bridgehead atoms. The van der Waals surface area contributed by atoms with Crippen molar-refractivity contribution >= 4 is 7.25 Å². The van der Waals surface area contributed by atoms with Gasteiger partial charge in [-0.05, 0) is 25.7 Å². The highest BCUT2D eigenvalue weighted by molar-refractivity contribution is 6.50. The van der Waals surface area contributed by atoms with E-state index >= 15 is 0 Å². The predicted octanol–water partition coefficient (Wildman–Crippen LogP) is 1.76. The molecule has 0 heterocycles. The number of rotatable bonds is 1. The van der Waals surface area contributed by atoms with Crippen molar-refractivity contribution in [1.82, 2.24) is 0 Å². The van der Waals surface area contributed by atoms with Crippen LogP contribution in [-0.2, 0) is 0 Å². The lowest BCUT2D eigenvalue weighted by Gasteiger charge is -2.24. The standard InChI is InChI=1S/C8H17N.BF4/c1-9(2)8-6-4-3-5-7-8;2-1(3,4)5/h8H,3-7H2,1-2H3;/q;-1/p+1. The first-order valence-electron chi connectivity index (χ1n) is 4.98. The minimum Gasteiger partial charge on any atom is -0.418 e. The molecular weight excluding hydrogens is 197 g/mol. The zero-order valence-corrected chi connectivity index (χ0v) is 8.70. The molecule has 0 spiro atoms. The Bertz CT molecular complexity index is 137. The second-order valence-corrected chi connectivity index (χ2v) is 3.91. The van der Waals surface area contributed by atoms with Crippen LogP contribution in [0.5, 0.6) is 0 Å². The van der Waals surface area contributed by atoms with Gasteiger partial charge in [-0.25, -0.2) is 0 Å². The summed E-state index contributed by atoms with van der Waals surface area (Å²) in [5.41, 5.74) is 0. The van der Waals surface area contributed by atoms with Gasteiger partial charge in [-0.2, -0.15) is 0 Å². The molecule has 0 atom stereocenters. The van der Waals surface area contributed by atoms with Crippen molar-refractivity contribution in [3.8, 4) is 0 Å². The van der Waals surface area contributed by atoms with E-state index in [9.17, 15) is 17.3 Å². The van der Waals surface area contributed by atoms with Crippen molar-refractivity contribution in [2.45, 2.75) is 38.1 Å². The van der Waals surface area contributed by atoms with E-state index in [0.29, 0.717) is 0 Å². The zero-order valence-electron chi connectivity index (χ0n) is 8.70. The summed E-state index contributed by atoms with van der Waals surface area (Å²) in [6.07, 6.45) is 7.33. The van der Waals surface area contributed by atoms with Crippen LogP contribution in [0, 0.1) is 0 Å². The van der Waals surface area contributed by atoms with Gasteiger partial charge in [-0.3, -0.25) is 0 Å². The zero-order chi connectivity index (χ0) is 11.2. The Morgan fingerprint density at radius 2 is 1.29 bits per heavy atom. The largest absolute Gasteiger partial charge is 0.673 e. The summed E-state index contributed by atoms with van der Waals surface area (Å²) < 4.78 is 39.0. The normalized spacial score (nSPS) is 19.1. The Morgan fingerprint density at radius 3 is 1.50 bits per heavy atom. The van der Waals surface area contributed by atoms with Crippen LogP contribution in [0.2, 0.25) is 0 Å². The minimum atomic E-state index is -6.00. The van der Waals surface area contributed by atoms with Crippen molar-refractivity contribution in [3.05, 3.63) is 0 Å². The second kappa shape index (κ2) is 6.27. The molecule has 86 valence electrons. The van der Waals surface area contributed by atoms with Crippen LogP contribution in [-0.4, -0.2) is 27.4 Å². The van der Waals surface area contributed by atoms with Crippen LogP contribution in [0.3, 0.4) is 0 Å². The summed E-state index contributed by atoms with van der Waals surface area (Å²) in [5.74, 6) is 0. The predicted molar refractivity (Wildman–Crippen MR) is 49.9 cm³/mol. The molecule has 1 N–H and O–H groups in total. The van der Waals surface area contributed by atoms with Gasteiger partial charge in [0.05, 0.1) is 20.1 Å². The fourth-order valence-electron chi connectivity index (χ4n) is 1.68. The molecule has 0 amide bonds. The molecule has 0 aromatic heterocycles. The molecule has 14 heavy (non-hydrogen) atoms. The van der Waals surface area contributed by atoms with Crippen molar-refractivity contribution in [2.75, 3.05) is 14.1 Å². The van der Waals surface area contributed by atoms with E-state index in [-0.39, 0.29) is 0 Å². The molecule has 1 saturated carbocycles. The maximum Gasteiger partial charge on any atom is 0.673 e. The number of hydrogen-bond acceptors (Lipinski definition) is 0. The third-order valence-corrected chi connectivity index (χ3v) is 2.42. The van der Waals surface area contributed by atoms with Crippen molar-refractivity contribution in [2.24, 2.45) is 0 Å². The molecule has 0 radical (unpaired) electrons. The van der Waals surface area contributed by atoms with Gasteiger partial charge in [0, 0.05) is 0 Å². The molecular formula is C8H18BF4N. The highest BCUT2D eigenvalue weighted by Crippen LogP contribution is 2.14. The van der Waals surface area contributed by atoms with Gasteiger partial charge in [-0.1, -0.05) is 6.42 Å². The molecule has 0 unspecified atom stereocenters. The highest BCUT2D eigenvalue weighted by Gasteiger charge is 2.20. The molecule has 6 heteroatoms. The van der Waals surface area contributed by atoms with Crippen LogP contribution in [0.15, 0.2) is 0 Å². The molecule has 1 rings (SSSR count). The SMILES string of the molecule is C[NH+](C)C1CCCCC1.F[B-](F)(F)F. The fourth-order valence-corrected chi connectivity index (χ4v) is 1.68. The summed E-state index contributed by atoms with van der Waals surface area (Å²) in [6.45, 7) is 0. The Balaban J connectivity index is 0.000000292. The van der Waals surface area contributed by atoms with E-state index in [1.807, 2.05) is 0 Å². The minimum absolute atomic E-state index is 0.971. The molecule has 1 nitrogen and oxygen atoms in total. The quantitative estimate of drug-likeness (QED) is 0.502. The Hall–Kier alpha value is -0.255. The summed E-state index contributed by atoms with van der Waals surface area (Å²) in [6, 6.07) is 0.971.